The maximum Gasteiger partial charge on any atom is 0.238 e. The first-order chi connectivity index (χ1) is 9.98. The van der Waals surface area contributed by atoms with Crippen LogP contribution >= 0.6 is 0 Å². The zero-order chi connectivity index (χ0) is 15.3. The number of amides is 1. The maximum absolute atomic E-state index is 11.8. The molecule has 1 atom stereocenters. The Morgan fingerprint density at radius 1 is 1.43 bits per heavy atom. The summed E-state index contributed by atoms with van der Waals surface area (Å²) in [5.41, 5.74) is 0.671. The number of rotatable bonds is 6. The Morgan fingerprint density at radius 2 is 2.24 bits per heavy atom. The van der Waals surface area contributed by atoms with Crippen molar-refractivity contribution >= 4 is 21.4 Å². The SMILES string of the molecule is COc1cccc(NC(=O)CNCC2CCS(=O)(=O)C2)c1. The fourth-order valence-electron chi connectivity index (χ4n) is 2.33. The third kappa shape index (κ3) is 5.02. The van der Waals surface area contributed by atoms with Gasteiger partial charge in [0.2, 0.25) is 5.91 Å². The van der Waals surface area contributed by atoms with Crippen LogP contribution in [0, 0.1) is 5.92 Å². The molecule has 0 aliphatic carbocycles. The molecule has 1 aromatic carbocycles. The van der Waals surface area contributed by atoms with Crippen LogP contribution in [-0.2, 0) is 14.6 Å². The number of hydrogen-bond acceptors (Lipinski definition) is 5. The molecule has 0 saturated carbocycles. The van der Waals surface area contributed by atoms with Gasteiger partial charge < -0.3 is 15.4 Å². The van der Waals surface area contributed by atoms with Crippen LogP contribution in [0.4, 0.5) is 5.69 Å². The lowest BCUT2D eigenvalue weighted by atomic mass is 10.1. The first-order valence-corrected chi connectivity index (χ1v) is 8.66. The van der Waals surface area contributed by atoms with Gasteiger partial charge in [-0.1, -0.05) is 6.07 Å². The molecule has 1 unspecified atom stereocenters. The molecule has 21 heavy (non-hydrogen) atoms. The number of hydrogen-bond donors (Lipinski definition) is 2. The van der Waals surface area contributed by atoms with E-state index < -0.39 is 9.84 Å². The topological polar surface area (TPSA) is 84.5 Å². The normalized spacial score (nSPS) is 20.1. The quantitative estimate of drug-likeness (QED) is 0.806. The average molecular weight is 312 g/mol. The van der Waals surface area contributed by atoms with Crippen molar-refractivity contribution in [2.45, 2.75) is 6.42 Å². The van der Waals surface area contributed by atoms with Crippen LogP contribution in [0.25, 0.3) is 0 Å². The van der Waals surface area contributed by atoms with E-state index in [9.17, 15) is 13.2 Å². The van der Waals surface area contributed by atoms with E-state index in [1.165, 1.54) is 0 Å². The van der Waals surface area contributed by atoms with Gasteiger partial charge in [0, 0.05) is 11.8 Å². The smallest absolute Gasteiger partial charge is 0.238 e. The van der Waals surface area contributed by atoms with Gasteiger partial charge in [0.1, 0.15) is 5.75 Å². The minimum absolute atomic E-state index is 0.111. The lowest BCUT2D eigenvalue weighted by Gasteiger charge is -2.10. The molecule has 1 fully saturated rings. The largest absolute Gasteiger partial charge is 0.497 e. The maximum atomic E-state index is 11.8. The molecule has 1 heterocycles. The molecule has 1 aromatic rings. The molecule has 7 heteroatoms. The van der Waals surface area contributed by atoms with Crippen LogP contribution < -0.4 is 15.4 Å². The van der Waals surface area contributed by atoms with Gasteiger partial charge in [0.15, 0.2) is 9.84 Å². The molecule has 1 aliphatic rings. The molecule has 0 spiro atoms. The number of nitrogens with one attached hydrogen (secondary N) is 2. The van der Waals surface area contributed by atoms with E-state index >= 15 is 0 Å². The number of ether oxygens (including phenoxy) is 1. The number of anilines is 1. The highest BCUT2D eigenvalue weighted by atomic mass is 32.2. The summed E-state index contributed by atoms with van der Waals surface area (Å²) in [4.78, 5) is 11.8. The lowest BCUT2D eigenvalue weighted by Crippen LogP contribution is -2.32. The molecule has 6 nitrogen and oxygen atoms in total. The highest BCUT2D eigenvalue weighted by molar-refractivity contribution is 7.91. The van der Waals surface area contributed by atoms with Gasteiger partial charge in [0.25, 0.3) is 0 Å². The average Bonchev–Trinajstić information content (AvgIpc) is 2.78. The highest BCUT2D eigenvalue weighted by Crippen LogP contribution is 2.18. The Labute approximate surface area is 124 Å². The van der Waals surface area contributed by atoms with Gasteiger partial charge in [-0.2, -0.15) is 0 Å². The van der Waals surface area contributed by atoms with Crippen LogP contribution in [0.5, 0.6) is 5.75 Å². The van der Waals surface area contributed by atoms with E-state index in [0.29, 0.717) is 24.4 Å². The molecule has 0 aromatic heterocycles. The van der Waals surface area contributed by atoms with Crippen molar-refractivity contribution in [3.05, 3.63) is 24.3 Å². The van der Waals surface area contributed by atoms with Gasteiger partial charge in [-0.25, -0.2) is 8.42 Å². The van der Waals surface area contributed by atoms with Crippen LogP contribution in [0.15, 0.2) is 24.3 Å². The van der Waals surface area contributed by atoms with E-state index in [1.807, 2.05) is 0 Å². The Kier molecular flexibility index (Phi) is 5.19. The zero-order valence-electron chi connectivity index (χ0n) is 12.0. The minimum Gasteiger partial charge on any atom is -0.497 e. The summed E-state index contributed by atoms with van der Waals surface area (Å²) in [7, 11) is -1.29. The molecule has 1 saturated heterocycles. The van der Waals surface area contributed by atoms with Gasteiger partial charge in [-0.05, 0) is 31.0 Å². The van der Waals surface area contributed by atoms with E-state index in [4.69, 9.17) is 4.74 Å². The molecule has 0 radical (unpaired) electrons. The molecule has 116 valence electrons. The Morgan fingerprint density at radius 3 is 2.90 bits per heavy atom. The third-order valence-electron chi connectivity index (χ3n) is 3.40. The molecule has 0 bridgehead atoms. The Balaban J connectivity index is 1.72. The van der Waals surface area contributed by atoms with E-state index in [2.05, 4.69) is 10.6 Å². The summed E-state index contributed by atoms with van der Waals surface area (Å²) < 4.78 is 27.7. The van der Waals surface area contributed by atoms with Crippen molar-refractivity contribution in [3.63, 3.8) is 0 Å². The lowest BCUT2D eigenvalue weighted by molar-refractivity contribution is -0.115. The summed E-state index contributed by atoms with van der Waals surface area (Å²) >= 11 is 0. The third-order valence-corrected chi connectivity index (χ3v) is 5.24. The van der Waals surface area contributed by atoms with E-state index in [0.717, 1.165) is 0 Å². The van der Waals surface area contributed by atoms with E-state index in [1.54, 1.807) is 31.4 Å². The van der Waals surface area contributed by atoms with Crippen molar-refractivity contribution in [2.75, 3.05) is 37.0 Å². The number of sulfone groups is 1. The first kappa shape index (κ1) is 15.8. The second-order valence-electron chi connectivity index (χ2n) is 5.18. The molecular weight excluding hydrogens is 292 g/mol. The van der Waals surface area contributed by atoms with Crippen molar-refractivity contribution in [3.8, 4) is 5.75 Å². The monoisotopic (exact) mass is 312 g/mol. The molecular formula is C14H20N2O4S. The summed E-state index contributed by atoms with van der Waals surface area (Å²) in [5.74, 6) is 1.10. The molecule has 2 rings (SSSR count). The van der Waals surface area contributed by atoms with Crippen LogP contribution in [0.3, 0.4) is 0 Å². The number of carbonyl (C=O) groups is 1. The van der Waals surface area contributed by atoms with Crippen molar-refractivity contribution in [2.24, 2.45) is 5.92 Å². The van der Waals surface area contributed by atoms with Gasteiger partial charge in [-0.15, -0.1) is 0 Å². The van der Waals surface area contributed by atoms with Crippen LogP contribution in [0.1, 0.15) is 6.42 Å². The second kappa shape index (κ2) is 6.91. The molecule has 2 N–H and O–H groups in total. The fourth-order valence-corrected chi connectivity index (χ4v) is 4.19. The van der Waals surface area contributed by atoms with Crippen LogP contribution in [-0.4, -0.2) is 46.0 Å². The fraction of sp³-hybridized carbons (Fsp3) is 0.500. The minimum atomic E-state index is -2.86. The summed E-state index contributed by atoms with van der Waals surface area (Å²) in [6, 6.07) is 7.12. The Hall–Kier alpha value is -1.60. The van der Waals surface area contributed by atoms with Crippen molar-refractivity contribution in [1.29, 1.82) is 0 Å². The predicted molar refractivity (Wildman–Crippen MR) is 81.3 cm³/mol. The van der Waals surface area contributed by atoms with Crippen molar-refractivity contribution in [1.82, 2.24) is 5.32 Å². The van der Waals surface area contributed by atoms with Gasteiger partial charge >= 0.3 is 0 Å². The molecule has 1 amide bonds. The first-order valence-electron chi connectivity index (χ1n) is 6.83. The number of carbonyl (C=O) groups excluding carboxylic acids is 1. The van der Waals surface area contributed by atoms with E-state index in [-0.39, 0.29) is 29.9 Å². The predicted octanol–water partition coefficient (Wildman–Crippen LogP) is 0.658. The number of benzene rings is 1. The highest BCUT2D eigenvalue weighted by Gasteiger charge is 2.27. The zero-order valence-corrected chi connectivity index (χ0v) is 12.8. The second-order valence-corrected chi connectivity index (χ2v) is 7.41. The van der Waals surface area contributed by atoms with Gasteiger partial charge in [-0.3, -0.25) is 4.79 Å². The molecule has 1 aliphatic heterocycles. The summed E-state index contributed by atoms with van der Waals surface area (Å²) in [6.45, 7) is 0.707. The summed E-state index contributed by atoms with van der Waals surface area (Å²) in [6.07, 6.45) is 0.673. The van der Waals surface area contributed by atoms with Crippen LogP contribution in [0.2, 0.25) is 0 Å². The van der Waals surface area contributed by atoms with Crippen molar-refractivity contribution < 1.29 is 17.9 Å². The number of methoxy groups -OCH3 is 1. The van der Waals surface area contributed by atoms with Gasteiger partial charge in [0.05, 0.1) is 25.2 Å². The standard InChI is InChI=1S/C14H20N2O4S/c1-20-13-4-2-3-12(7-13)16-14(17)9-15-8-11-5-6-21(18,19)10-11/h2-4,7,11,15H,5-6,8-10H2,1H3,(H,16,17). The Bertz CT molecular complexity index is 601. The summed E-state index contributed by atoms with van der Waals surface area (Å²) in [5, 5.41) is 5.76.